The first kappa shape index (κ1) is 20.3. The highest BCUT2D eigenvalue weighted by Gasteiger charge is 2.77. The Labute approximate surface area is 170 Å². The number of ether oxygens (including phenoxy) is 1. The van der Waals surface area contributed by atoms with Crippen molar-refractivity contribution in [1.82, 2.24) is 10.2 Å². The van der Waals surface area contributed by atoms with Gasteiger partial charge < -0.3 is 15.0 Å². The molecule has 0 spiro atoms. The number of methoxy groups -OCH3 is 1. The first-order valence-corrected chi connectivity index (χ1v) is 10.2. The zero-order valence-electron chi connectivity index (χ0n) is 15.7. The number of nitrogens with one attached hydrogen (secondary N) is 1. The average Bonchev–Trinajstić information content (AvgIpc) is 3.20. The summed E-state index contributed by atoms with van der Waals surface area (Å²) >= 11 is 13.4. The number of carbonyl (C=O) groups is 2. The minimum absolute atomic E-state index is 0.0178. The van der Waals surface area contributed by atoms with Crippen LogP contribution in [0.1, 0.15) is 31.7 Å². The summed E-state index contributed by atoms with van der Waals surface area (Å²) in [6.45, 7) is 3.46. The van der Waals surface area contributed by atoms with Gasteiger partial charge in [0.25, 0.3) is 0 Å². The average molecular weight is 413 g/mol. The molecular formula is C20H26Cl2N2O3. The number of nitrogens with zero attached hydrogens (tertiary/aromatic N) is 1. The fourth-order valence-electron chi connectivity index (χ4n) is 4.44. The van der Waals surface area contributed by atoms with E-state index in [1.54, 1.807) is 0 Å². The van der Waals surface area contributed by atoms with E-state index in [2.05, 4.69) is 22.2 Å². The highest BCUT2D eigenvalue weighted by atomic mass is 35.5. The molecule has 5 nitrogen and oxygen atoms in total. The second kappa shape index (κ2) is 7.88. The first-order chi connectivity index (χ1) is 12.9. The lowest BCUT2D eigenvalue weighted by Gasteiger charge is -2.33. The summed E-state index contributed by atoms with van der Waals surface area (Å²) in [6, 6.07) is 10.1. The van der Waals surface area contributed by atoms with Crippen LogP contribution in [0.3, 0.4) is 0 Å². The van der Waals surface area contributed by atoms with Crippen LogP contribution in [0.5, 0.6) is 0 Å². The zero-order valence-corrected chi connectivity index (χ0v) is 17.2. The van der Waals surface area contributed by atoms with Crippen molar-refractivity contribution in [2.75, 3.05) is 26.7 Å². The Morgan fingerprint density at radius 2 is 2.04 bits per heavy atom. The Bertz CT molecular complexity index is 698. The van der Waals surface area contributed by atoms with Crippen molar-refractivity contribution in [1.29, 1.82) is 0 Å². The summed E-state index contributed by atoms with van der Waals surface area (Å²) < 4.78 is 3.75. The molecule has 27 heavy (non-hydrogen) atoms. The minimum Gasteiger partial charge on any atom is -0.453 e. The number of fused-ring (bicyclic) bond motifs is 1. The van der Waals surface area contributed by atoms with E-state index in [1.807, 2.05) is 30.0 Å². The van der Waals surface area contributed by atoms with Gasteiger partial charge in [-0.3, -0.25) is 4.79 Å². The molecule has 1 aliphatic heterocycles. The molecule has 1 heterocycles. The fraction of sp³-hybridized carbons (Fsp3) is 0.600. The number of alkyl carbamates (subject to hydrolysis) is 1. The van der Waals surface area contributed by atoms with Crippen molar-refractivity contribution in [3.63, 3.8) is 0 Å². The van der Waals surface area contributed by atoms with Gasteiger partial charge in [-0.15, -0.1) is 23.2 Å². The number of piperidine rings is 1. The molecule has 1 N–H and O–H groups in total. The normalized spacial score (nSPS) is 26.7. The predicted octanol–water partition coefficient (Wildman–Crippen LogP) is 3.73. The number of benzene rings is 1. The number of hydrogen-bond acceptors (Lipinski definition) is 3. The van der Waals surface area contributed by atoms with Gasteiger partial charge in [0.15, 0.2) is 0 Å². The van der Waals surface area contributed by atoms with E-state index in [-0.39, 0.29) is 29.7 Å². The number of alkyl halides is 2. The van der Waals surface area contributed by atoms with Gasteiger partial charge in [-0.2, -0.15) is 0 Å². The molecule has 2 unspecified atom stereocenters. The first-order valence-electron chi connectivity index (χ1n) is 9.42. The molecule has 1 aromatic rings. The molecule has 2 fully saturated rings. The van der Waals surface area contributed by atoms with Crippen LogP contribution in [0.2, 0.25) is 0 Å². The summed E-state index contributed by atoms with van der Waals surface area (Å²) in [7, 11) is 1.31. The molecule has 148 valence electrons. The van der Waals surface area contributed by atoms with E-state index >= 15 is 0 Å². The maximum absolute atomic E-state index is 13.1. The Balaban J connectivity index is 1.70. The third-order valence-electron chi connectivity index (χ3n) is 5.99. The Hall–Kier alpha value is -1.46. The van der Waals surface area contributed by atoms with Crippen LogP contribution >= 0.6 is 23.2 Å². The van der Waals surface area contributed by atoms with Crippen molar-refractivity contribution in [3.05, 3.63) is 35.9 Å². The van der Waals surface area contributed by atoms with Gasteiger partial charge in [0, 0.05) is 31.0 Å². The predicted molar refractivity (Wildman–Crippen MR) is 106 cm³/mol. The molecule has 1 saturated heterocycles. The molecule has 1 aromatic carbocycles. The van der Waals surface area contributed by atoms with Gasteiger partial charge in [-0.1, -0.05) is 43.7 Å². The van der Waals surface area contributed by atoms with Crippen molar-refractivity contribution < 1.29 is 14.3 Å². The van der Waals surface area contributed by atoms with Gasteiger partial charge in [0.05, 0.1) is 13.0 Å². The van der Waals surface area contributed by atoms with Crippen LogP contribution in [0, 0.1) is 11.8 Å². The molecule has 7 heteroatoms. The molecule has 0 radical (unpaired) electrons. The summed E-state index contributed by atoms with van der Waals surface area (Å²) in [5, 5.41) is 2.65. The lowest BCUT2D eigenvalue weighted by atomic mass is 9.86. The number of amides is 2. The van der Waals surface area contributed by atoms with E-state index in [4.69, 9.17) is 23.2 Å². The zero-order chi connectivity index (χ0) is 19.7. The number of carbonyl (C=O) groups excluding carboxylic acids is 2. The Morgan fingerprint density at radius 1 is 1.33 bits per heavy atom. The second-order valence-electron chi connectivity index (χ2n) is 7.41. The summed E-state index contributed by atoms with van der Waals surface area (Å²) in [6.07, 6.45) is 1.79. The van der Waals surface area contributed by atoms with Gasteiger partial charge in [-0.25, -0.2) is 4.79 Å². The van der Waals surface area contributed by atoms with E-state index in [0.29, 0.717) is 19.5 Å². The lowest BCUT2D eigenvalue weighted by Crippen LogP contribution is -2.46. The van der Waals surface area contributed by atoms with Crippen molar-refractivity contribution in [3.8, 4) is 0 Å². The minimum atomic E-state index is -0.853. The van der Waals surface area contributed by atoms with Crippen molar-refractivity contribution in [2.45, 2.75) is 35.9 Å². The van der Waals surface area contributed by atoms with Gasteiger partial charge in [0.1, 0.15) is 4.33 Å². The number of halogens is 2. The standard InChI is InChI=1S/C20H26Cl2N2O3/c1-3-7-14(12-23-18(26)27-2)17(25)24-11-10-19(15-8-5-4-6-9-15)16(13-24)20(19,21)22/h4-6,8-9,14,16H,3,7,10-13H2,1-2H3,(H,23,26)/t14-,16?,19?/m1/s1. The fourth-order valence-corrected chi connectivity index (χ4v) is 5.51. The highest BCUT2D eigenvalue weighted by Crippen LogP contribution is 2.72. The molecule has 3 atom stereocenters. The maximum atomic E-state index is 13.1. The van der Waals surface area contributed by atoms with Crippen LogP contribution in [0.4, 0.5) is 4.79 Å². The van der Waals surface area contributed by atoms with Crippen LogP contribution in [0.25, 0.3) is 0 Å². The molecule has 1 aliphatic carbocycles. The molecular weight excluding hydrogens is 387 g/mol. The summed E-state index contributed by atoms with van der Waals surface area (Å²) in [4.78, 5) is 26.3. The monoisotopic (exact) mass is 412 g/mol. The largest absolute Gasteiger partial charge is 0.453 e. The SMILES string of the molecule is CCC[C@H](CNC(=O)OC)C(=O)N1CCC2(c3ccccc3)C(C1)C2(Cl)Cl. The van der Waals surface area contributed by atoms with Crippen LogP contribution in [0.15, 0.2) is 30.3 Å². The van der Waals surface area contributed by atoms with E-state index in [1.165, 1.54) is 7.11 Å². The number of likely N-dealkylation sites (tertiary alicyclic amines) is 1. The number of hydrogen-bond donors (Lipinski definition) is 1. The summed E-state index contributed by atoms with van der Waals surface area (Å²) in [5.74, 6) is -0.202. The topological polar surface area (TPSA) is 58.6 Å². The quantitative estimate of drug-likeness (QED) is 0.723. The molecule has 0 bridgehead atoms. The van der Waals surface area contributed by atoms with Crippen LogP contribution < -0.4 is 5.32 Å². The maximum Gasteiger partial charge on any atom is 0.406 e. The van der Waals surface area contributed by atoms with Gasteiger partial charge in [-0.05, 0) is 18.4 Å². The second-order valence-corrected chi connectivity index (χ2v) is 8.79. The molecule has 0 aromatic heterocycles. The van der Waals surface area contributed by atoms with E-state index in [9.17, 15) is 9.59 Å². The molecule has 2 aliphatic rings. The summed E-state index contributed by atoms with van der Waals surface area (Å²) in [5.41, 5.74) is 0.864. The van der Waals surface area contributed by atoms with E-state index < -0.39 is 10.4 Å². The molecule has 1 saturated carbocycles. The van der Waals surface area contributed by atoms with Gasteiger partial charge in [0.2, 0.25) is 5.91 Å². The smallest absolute Gasteiger partial charge is 0.406 e. The van der Waals surface area contributed by atoms with Crippen molar-refractivity contribution in [2.24, 2.45) is 11.8 Å². The molecule has 2 amide bonds. The molecule has 3 rings (SSSR count). The van der Waals surface area contributed by atoms with Crippen LogP contribution in [-0.2, 0) is 14.9 Å². The Kier molecular flexibility index (Phi) is 5.92. The number of rotatable bonds is 6. The third-order valence-corrected chi connectivity index (χ3v) is 7.19. The van der Waals surface area contributed by atoms with Crippen LogP contribution in [-0.4, -0.2) is 48.0 Å². The van der Waals surface area contributed by atoms with Crippen molar-refractivity contribution >= 4 is 35.2 Å². The Morgan fingerprint density at radius 3 is 2.63 bits per heavy atom. The van der Waals surface area contributed by atoms with Gasteiger partial charge >= 0.3 is 6.09 Å². The van der Waals surface area contributed by atoms with E-state index in [0.717, 1.165) is 18.4 Å². The highest BCUT2D eigenvalue weighted by molar-refractivity contribution is 6.52. The lowest BCUT2D eigenvalue weighted by molar-refractivity contribution is -0.136. The third kappa shape index (κ3) is 3.52.